The third-order valence-electron chi connectivity index (χ3n) is 4.46. The molecule has 2 amide bonds. The number of carbonyl (C=O) groups is 2. The van der Waals surface area contributed by atoms with Crippen LogP contribution in [0, 0.1) is 0 Å². The van der Waals surface area contributed by atoms with Crippen LogP contribution in [0.3, 0.4) is 0 Å². The number of halogens is 1. The molecule has 2 aromatic carbocycles. The van der Waals surface area contributed by atoms with E-state index in [1.54, 1.807) is 21.9 Å². The van der Waals surface area contributed by atoms with Gasteiger partial charge in [0, 0.05) is 24.4 Å². The van der Waals surface area contributed by atoms with Crippen molar-refractivity contribution in [1.29, 1.82) is 0 Å². The molecule has 1 aliphatic rings. The molecule has 0 spiro atoms. The zero-order chi connectivity index (χ0) is 18.5. The summed E-state index contributed by atoms with van der Waals surface area (Å²) in [5.74, 6) is -0.298. The monoisotopic (exact) mass is 372 g/mol. The number of anilines is 1. The van der Waals surface area contributed by atoms with Crippen molar-refractivity contribution >= 4 is 29.1 Å². The maximum absolute atomic E-state index is 12.7. The number of hydrogen-bond donors (Lipinski definition) is 0. The molecule has 0 radical (unpaired) electrons. The summed E-state index contributed by atoms with van der Waals surface area (Å²) in [6.45, 7) is 0.422. The summed E-state index contributed by atoms with van der Waals surface area (Å²) in [5, 5.41) is 0.577. The largest absolute Gasteiger partial charge is 0.375 e. The Morgan fingerprint density at radius 2 is 1.96 bits per heavy atom. The number of carbonyl (C=O) groups excluding carboxylic acids is 2. The molecular formula is C20H21ClN2O3. The molecule has 1 heterocycles. The van der Waals surface area contributed by atoms with Crippen LogP contribution in [0.5, 0.6) is 0 Å². The second-order valence-corrected chi connectivity index (χ2v) is 6.72. The van der Waals surface area contributed by atoms with Gasteiger partial charge in [0.25, 0.3) is 0 Å². The minimum atomic E-state index is -0.174. The molecule has 0 aliphatic carbocycles. The molecule has 3 rings (SSSR count). The quantitative estimate of drug-likeness (QED) is 0.811. The maximum Gasteiger partial charge on any atom is 0.249 e. The van der Waals surface area contributed by atoms with Gasteiger partial charge in [-0.15, -0.1) is 0 Å². The van der Waals surface area contributed by atoms with E-state index >= 15 is 0 Å². The van der Waals surface area contributed by atoms with Crippen molar-refractivity contribution in [3.63, 3.8) is 0 Å². The van der Waals surface area contributed by atoms with Crippen LogP contribution in [-0.2, 0) is 20.7 Å². The number of methoxy groups -OCH3 is 1. The van der Waals surface area contributed by atoms with Crippen molar-refractivity contribution in [3.05, 3.63) is 65.2 Å². The van der Waals surface area contributed by atoms with Crippen molar-refractivity contribution in [3.8, 4) is 0 Å². The molecule has 1 aliphatic heterocycles. The second-order valence-electron chi connectivity index (χ2n) is 6.28. The Labute approximate surface area is 158 Å². The lowest BCUT2D eigenvalue weighted by atomic mass is 10.0. The molecule has 0 aromatic heterocycles. The van der Waals surface area contributed by atoms with Crippen molar-refractivity contribution in [2.75, 3.05) is 31.7 Å². The lowest BCUT2D eigenvalue weighted by Gasteiger charge is -2.41. The number of hydrogen-bond acceptors (Lipinski definition) is 3. The Morgan fingerprint density at radius 3 is 2.65 bits per heavy atom. The van der Waals surface area contributed by atoms with Gasteiger partial charge in [-0.05, 0) is 30.2 Å². The van der Waals surface area contributed by atoms with Gasteiger partial charge in [-0.25, -0.2) is 0 Å². The van der Waals surface area contributed by atoms with Gasteiger partial charge in [0.1, 0.15) is 13.2 Å². The number of ether oxygens (including phenoxy) is 1. The first-order valence-corrected chi connectivity index (χ1v) is 8.84. The van der Waals surface area contributed by atoms with E-state index < -0.39 is 0 Å². The number of benzene rings is 2. The Morgan fingerprint density at radius 1 is 1.19 bits per heavy atom. The third-order valence-corrected chi connectivity index (χ3v) is 4.70. The highest BCUT2D eigenvalue weighted by molar-refractivity contribution is 6.30. The molecule has 1 fully saturated rings. The molecular weight excluding hydrogens is 352 g/mol. The van der Waals surface area contributed by atoms with Crippen LogP contribution in [0.25, 0.3) is 0 Å². The van der Waals surface area contributed by atoms with E-state index in [0.29, 0.717) is 18.0 Å². The lowest BCUT2D eigenvalue weighted by molar-refractivity contribution is -0.142. The summed E-state index contributed by atoms with van der Waals surface area (Å²) in [6.07, 6.45) is 0.667. The zero-order valence-electron chi connectivity index (χ0n) is 14.6. The molecule has 2 aromatic rings. The third kappa shape index (κ3) is 4.23. The topological polar surface area (TPSA) is 49.9 Å². The van der Waals surface area contributed by atoms with E-state index in [4.69, 9.17) is 16.3 Å². The van der Waals surface area contributed by atoms with Gasteiger partial charge in [0.15, 0.2) is 0 Å². The minimum absolute atomic E-state index is 0.0320. The van der Waals surface area contributed by atoms with Crippen LogP contribution >= 0.6 is 11.6 Å². The summed E-state index contributed by atoms with van der Waals surface area (Å²) in [7, 11) is 1.48. The summed E-state index contributed by atoms with van der Waals surface area (Å²) in [5.41, 5.74) is 1.87. The van der Waals surface area contributed by atoms with Crippen molar-refractivity contribution in [2.24, 2.45) is 0 Å². The van der Waals surface area contributed by atoms with Gasteiger partial charge < -0.3 is 14.5 Å². The van der Waals surface area contributed by atoms with Gasteiger partial charge in [-0.2, -0.15) is 0 Å². The van der Waals surface area contributed by atoms with Crippen molar-refractivity contribution in [2.45, 2.75) is 12.5 Å². The Hall–Kier alpha value is -2.37. The summed E-state index contributed by atoms with van der Waals surface area (Å²) >= 11 is 6.08. The summed E-state index contributed by atoms with van der Waals surface area (Å²) in [4.78, 5) is 28.5. The summed E-state index contributed by atoms with van der Waals surface area (Å²) in [6, 6.07) is 17.0. The van der Waals surface area contributed by atoms with E-state index in [1.807, 2.05) is 42.5 Å². The van der Waals surface area contributed by atoms with Crippen LogP contribution in [-0.4, -0.2) is 49.6 Å². The SMILES string of the molecule is COCC(=O)N1CC(=O)N(c2cccc(Cl)c2)CC1Cc1ccccc1. The molecule has 6 heteroatoms. The molecule has 1 unspecified atom stereocenters. The molecule has 1 saturated heterocycles. The average Bonchev–Trinajstić information content (AvgIpc) is 2.64. The molecule has 26 heavy (non-hydrogen) atoms. The zero-order valence-corrected chi connectivity index (χ0v) is 15.4. The van der Waals surface area contributed by atoms with Crippen molar-refractivity contribution in [1.82, 2.24) is 4.90 Å². The van der Waals surface area contributed by atoms with Gasteiger partial charge in [-0.3, -0.25) is 9.59 Å². The maximum atomic E-state index is 12.7. The fraction of sp³-hybridized carbons (Fsp3) is 0.300. The number of piperazine rings is 1. The molecule has 136 valence electrons. The van der Waals surface area contributed by atoms with E-state index in [-0.39, 0.29) is 31.0 Å². The predicted octanol–water partition coefficient (Wildman–Crippen LogP) is 2.77. The van der Waals surface area contributed by atoms with E-state index in [9.17, 15) is 9.59 Å². The van der Waals surface area contributed by atoms with Crippen molar-refractivity contribution < 1.29 is 14.3 Å². The standard InChI is InChI=1S/C20H21ClN2O3/c1-26-14-20(25)23-13-19(24)22(17-9-5-8-16(21)11-17)12-18(23)10-15-6-3-2-4-7-15/h2-9,11,18H,10,12-14H2,1H3. The van der Waals surface area contributed by atoms with E-state index in [1.165, 1.54) is 7.11 Å². The average molecular weight is 373 g/mol. The van der Waals surface area contributed by atoms with Crippen LogP contribution in [0.15, 0.2) is 54.6 Å². The summed E-state index contributed by atoms with van der Waals surface area (Å²) < 4.78 is 4.98. The van der Waals surface area contributed by atoms with Crippen LogP contribution in [0.1, 0.15) is 5.56 Å². The highest BCUT2D eigenvalue weighted by Gasteiger charge is 2.35. The van der Waals surface area contributed by atoms with Gasteiger partial charge in [0.05, 0.1) is 6.04 Å². The highest BCUT2D eigenvalue weighted by atomic mass is 35.5. The fourth-order valence-electron chi connectivity index (χ4n) is 3.22. The fourth-order valence-corrected chi connectivity index (χ4v) is 3.41. The van der Waals surface area contributed by atoms with Crippen LogP contribution in [0.2, 0.25) is 5.02 Å². The Balaban J connectivity index is 1.86. The molecule has 1 atom stereocenters. The molecule has 0 saturated carbocycles. The van der Waals surface area contributed by atoms with Gasteiger partial charge in [-0.1, -0.05) is 48.0 Å². The smallest absolute Gasteiger partial charge is 0.249 e. The first kappa shape index (κ1) is 18.4. The second kappa shape index (κ2) is 8.34. The highest BCUT2D eigenvalue weighted by Crippen LogP contribution is 2.25. The van der Waals surface area contributed by atoms with Gasteiger partial charge in [0.2, 0.25) is 11.8 Å². The molecule has 0 bridgehead atoms. The van der Waals surface area contributed by atoms with E-state index in [0.717, 1.165) is 11.3 Å². The lowest BCUT2D eigenvalue weighted by Crippen LogP contribution is -2.59. The first-order valence-electron chi connectivity index (χ1n) is 8.46. The van der Waals surface area contributed by atoms with Crippen LogP contribution < -0.4 is 4.90 Å². The van der Waals surface area contributed by atoms with Crippen LogP contribution in [0.4, 0.5) is 5.69 Å². The molecule has 5 nitrogen and oxygen atoms in total. The Kier molecular flexibility index (Phi) is 5.91. The normalized spacial score (nSPS) is 17.5. The Bertz CT molecular complexity index is 782. The first-order chi connectivity index (χ1) is 12.6. The predicted molar refractivity (Wildman–Crippen MR) is 101 cm³/mol. The number of rotatable bonds is 5. The number of amides is 2. The van der Waals surface area contributed by atoms with E-state index in [2.05, 4.69) is 0 Å². The molecule has 0 N–H and O–H groups in total. The number of nitrogens with zero attached hydrogens (tertiary/aromatic N) is 2. The minimum Gasteiger partial charge on any atom is -0.375 e. The van der Waals surface area contributed by atoms with Gasteiger partial charge >= 0.3 is 0 Å².